The Labute approximate surface area is 147 Å². The summed E-state index contributed by atoms with van der Waals surface area (Å²) < 4.78 is 11.2. The molecule has 1 aliphatic rings. The fraction of sp³-hybridized carbons (Fsp3) is 0.421. The standard InChI is InChI=1S/C19H24N2O4/c1-13-9-10-17(25-13)19(2,23)12-20-18(22)21-15-7-5-11-24-16-8-4-3-6-14(15)16/h3-4,6,8-10,15,23H,5,7,11-12H2,1-2H3,(H2,20,21,22). The zero-order chi connectivity index (χ0) is 17.9. The molecule has 2 aromatic rings. The molecule has 0 saturated heterocycles. The van der Waals surface area contributed by atoms with E-state index in [0.717, 1.165) is 29.9 Å². The number of ether oxygens (including phenoxy) is 1. The number of urea groups is 1. The maximum absolute atomic E-state index is 12.3. The van der Waals surface area contributed by atoms with Gasteiger partial charge in [0.25, 0.3) is 0 Å². The van der Waals surface area contributed by atoms with Crippen LogP contribution in [0.4, 0.5) is 4.79 Å². The van der Waals surface area contributed by atoms with Gasteiger partial charge in [-0.05, 0) is 44.9 Å². The normalized spacial score (nSPS) is 19.1. The second-order valence-corrected chi connectivity index (χ2v) is 6.59. The molecular formula is C19H24N2O4. The van der Waals surface area contributed by atoms with E-state index in [0.29, 0.717) is 12.4 Å². The third-order valence-corrected chi connectivity index (χ3v) is 4.36. The Morgan fingerprint density at radius 1 is 1.32 bits per heavy atom. The van der Waals surface area contributed by atoms with Crippen LogP contribution in [-0.4, -0.2) is 24.3 Å². The molecule has 6 heteroatoms. The molecule has 0 saturated carbocycles. The molecule has 2 heterocycles. The number of nitrogens with one attached hydrogen (secondary N) is 2. The lowest BCUT2D eigenvalue weighted by Crippen LogP contribution is -2.44. The highest BCUT2D eigenvalue weighted by molar-refractivity contribution is 5.74. The van der Waals surface area contributed by atoms with Crippen LogP contribution in [-0.2, 0) is 5.60 Å². The molecule has 1 aromatic heterocycles. The topological polar surface area (TPSA) is 83.7 Å². The van der Waals surface area contributed by atoms with Gasteiger partial charge in [0.1, 0.15) is 22.9 Å². The van der Waals surface area contributed by atoms with E-state index in [-0.39, 0.29) is 18.6 Å². The Balaban J connectivity index is 1.61. The van der Waals surface area contributed by atoms with Gasteiger partial charge in [0, 0.05) is 5.56 Å². The SMILES string of the molecule is Cc1ccc(C(C)(O)CNC(=O)NC2CCCOc3ccccc32)o1. The predicted molar refractivity (Wildman–Crippen MR) is 93.5 cm³/mol. The lowest BCUT2D eigenvalue weighted by molar-refractivity contribution is 0.0359. The van der Waals surface area contributed by atoms with Crippen LogP contribution in [0.1, 0.15) is 42.9 Å². The summed E-state index contributed by atoms with van der Waals surface area (Å²) in [6.07, 6.45) is 1.67. The second kappa shape index (κ2) is 7.19. The number of amides is 2. The van der Waals surface area contributed by atoms with Crippen molar-refractivity contribution in [2.75, 3.05) is 13.2 Å². The van der Waals surface area contributed by atoms with Crippen LogP contribution in [0, 0.1) is 6.92 Å². The van der Waals surface area contributed by atoms with E-state index >= 15 is 0 Å². The number of carbonyl (C=O) groups is 1. The zero-order valence-corrected chi connectivity index (χ0v) is 14.5. The van der Waals surface area contributed by atoms with Crippen LogP contribution < -0.4 is 15.4 Å². The Morgan fingerprint density at radius 3 is 2.88 bits per heavy atom. The highest BCUT2D eigenvalue weighted by atomic mass is 16.5. The monoisotopic (exact) mass is 344 g/mol. The number of furan rings is 1. The largest absolute Gasteiger partial charge is 0.493 e. The molecule has 0 spiro atoms. The van der Waals surface area contributed by atoms with Crippen LogP contribution in [0.25, 0.3) is 0 Å². The number of benzene rings is 1. The fourth-order valence-corrected chi connectivity index (χ4v) is 2.95. The average Bonchev–Trinajstić information content (AvgIpc) is 2.94. The quantitative estimate of drug-likeness (QED) is 0.796. The number of carbonyl (C=O) groups excluding carboxylic acids is 1. The third kappa shape index (κ3) is 4.14. The molecule has 0 fully saturated rings. The molecule has 134 valence electrons. The van der Waals surface area contributed by atoms with Gasteiger partial charge in [-0.1, -0.05) is 18.2 Å². The maximum Gasteiger partial charge on any atom is 0.315 e. The van der Waals surface area contributed by atoms with Gasteiger partial charge in [-0.25, -0.2) is 4.79 Å². The van der Waals surface area contributed by atoms with E-state index in [4.69, 9.17) is 9.15 Å². The van der Waals surface area contributed by atoms with E-state index in [2.05, 4.69) is 10.6 Å². The van der Waals surface area contributed by atoms with Crippen LogP contribution in [0.3, 0.4) is 0 Å². The maximum atomic E-state index is 12.3. The number of aliphatic hydroxyl groups is 1. The molecular weight excluding hydrogens is 320 g/mol. The second-order valence-electron chi connectivity index (χ2n) is 6.59. The molecule has 2 amide bonds. The first-order valence-electron chi connectivity index (χ1n) is 8.51. The molecule has 3 rings (SSSR count). The Kier molecular flexibility index (Phi) is 4.99. The first kappa shape index (κ1) is 17.4. The molecule has 1 aromatic carbocycles. The summed E-state index contributed by atoms with van der Waals surface area (Å²) in [5.74, 6) is 1.96. The van der Waals surface area contributed by atoms with Crippen molar-refractivity contribution in [3.05, 3.63) is 53.5 Å². The van der Waals surface area contributed by atoms with Crippen molar-refractivity contribution in [2.24, 2.45) is 0 Å². The van der Waals surface area contributed by atoms with Crippen molar-refractivity contribution >= 4 is 6.03 Å². The minimum atomic E-state index is -1.27. The Hall–Kier alpha value is -2.47. The summed E-state index contributed by atoms with van der Waals surface area (Å²) in [5.41, 5.74) is -0.292. The van der Waals surface area contributed by atoms with Crippen molar-refractivity contribution in [1.29, 1.82) is 0 Å². The lowest BCUT2D eigenvalue weighted by atomic mass is 10.0. The predicted octanol–water partition coefficient (Wildman–Crippen LogP) is 3.01. The van der Waals surface area contributed by atoms with E-state index in [1.807, 2.05) is 31.2 Å². The smallest absolute Gasteiger partial charge is 0.315 e. The van der Waals surface area contributed by atoms with Crippen LogP contribution >= 0.6 is 0 Å². The Bertz CT molecular complexity index is 739. The zero-order valence-electron chi connectivity index (χ0n) is 14.5. The summed E-state index contributed by atoms with van der Waals surface area (Å²) >= 11 is 0. The number of hydrogen-bond donors (Lipinski definition) is 3. The molecule has 2 atom stereocenters. The summed E-state index contributed by atoms with van der Waals surface area (Å²) in [6.45, 7) is 4.12. The summed E-state index contributed by atoms with van der Waals surface area (Å²) in [5, 5.41) is 16.2. The van der Waals surface area contributed by atoms with Gasteiger partial charge in [-0.3, -0.25) is 0 Å². The highest BCUT2D eigenvalue weighted by Crippen LogP contribution is 2.31. The number of aryl methyl sites for hydroxylation is 1. The van der Waals surface area contributed by atoms with Gasteiger partial charge in [0.05, 0.1) is 19.2 Å². The minimum Gasteiger partial charge on any atom is -0.493 e. The number of fused-ring (bicyclic) bond motifs is 1. The van der Waals surface area contributed by atoms with E-state index in [1.165, 1.54) is 0 Å². The summed E-state index contributed by atoms with van der Waals surface area (Å²) in [7, 11) is 0. The van der Waals surface area contributed by atoms with Crippen molar-refractivity contribution in [3.8, 4) is 5.75 Å². The third-order valence-electron chi connectivity index (χ3n) is 4.36. The van der Waals surface area contributed by atoms with Gasteiger partial charge in [-0.2, -0.15) is 0 Å². The van der Waals surface area contributed by atoms with Crippen molar-refractivity contribution < 1.29 is 19.1 Å². The molecule has 0 bridgehead atoms. The first-order valence-corrected chi connectivity index (χ1v) is 8.51. The van der Waals surface area contributed by atoms with Crippen LogP contribution in [0.15, 0.2) is 40.8 Å². The summed E-state index contributed by atoms with van der Waals surface area (Å²) in [4.78, 5) is 12.3. The van der Waals surface area contributed by atoms with Crippen molar-refractivity contribution in [1.82, 2.24) is 10.6 Å². The van der Waals surface area contributed by atoms with Crippen molar-refractivity contribution in [3.63, 3.8) is 0 Å². The van der Waals surface area contributed by atoms with Gasteiger partial charge >= 0.3 is 6.03 Å². The van der Waals surface area contributed by atoms with Gasteiger partial charge in [0.2, 0.25) is 0 Å². The molecule has 25 heavy (non-hydrogen) atoms. The fourth-order valence-electron chi connectivity index (χ4n) is 2.95. The Morgan fingerprint density at radius 2 is 2.12 bits per heavy atom. The van der Waals surface area contributed by atoms with E-state index < -0.39 is 5.60 Å². The minimum absolute atomic E-state index is 0.0522. The van der Waals surface area contributed by atoms with Gasteiger partial charge in [-0.15, -0.1) is 0 Å². The molecule has 1 aliphatic heterocycles. The van der Waals surface area contributed by atoms with Crippen LogP contribution in [0.5, 0.6) is 5.75 Å². The van der Waals surface area contributed by atoms with E-state index in [1.54, 1.807) is 19.1 Å². The van der Waals surface area contributed by atoms with Gasteiger partial charge < -0.3 is 24.9 Å². The molecule has 0 aliphatic carbocycles. The molecule has 0 radical (unpaired) electrons. The van der Waals surface area contributed by atoms with Gasteiger partial charge in [0.15, 0.2) is 0 Å². The average molecular weight is 344 g/mol. The first-order chi connectivity index (χ1) is 12.0. The van der Waals surface area contributed by atoms with E-state index in [9.17, 15) is 9.90 Å². The molecule has 3 N–H and O–H groups in total. The number of rotatable bonds is 4. The number of para-hydroxylation sites is 1. The molecule has 6 nitrogen and oxygen atoms in total. The molecule has 2 unspecified atom stereocenters. The summed E-state index contributed by atoms with van der Waals surface area (Å²) in [6, 6.07) is 10.8. The number of hydrogen-bond acceptors (Lipinski definition) is 4. The van der Waals surface area contributed by atoms with Crippen LogP contribution in [0.2, 0.25) is 0 Å². The van der Waals surface area contributed by atoms with Crippen molar-refractivity contribution in [2.45, 2.75) is 38.3 Å². The highest BCUT2D eigenvalue weighted by Gasteiger charge is 2.28. The lowest BCUT2D eigenvalue weighted by Gasteiger charge is -2.23.